The summed E-state index contributed by atoms with van der Waals surface area (Å²) in [4.78, 5) is 0. The molecule has 0 bridgehead atoms. The van der Waals surface area contributed by atoms with E-state index in [2.05, 4.69) is 24.4 Å². The molecule has 0 aromatic heterocycles. The molecule has 4 nitrogen and oxygen atoms in total. The highest BCUT2D eigenvalue weighted by atomic mass is 16.5. The van der Waals surface area contributed by atoms with Gasteiger partial charge in [0.1, 0.15) is 0 Å². The van der Waals surface area contributed by atoms with E-state index in [0.717, 1.165) is 45.6 Å². The minimum Gasteiger partial charge on any atom is -0.389 e. The number of hydrogen-bond donors (Lipinski definition) is 2. The van der Waals surface area contributed by atoms with Gasteiger partial charge in [0.05, 0.1) is 19.3 Å². The van der Waals surface area contributed by atoms with Crippen LogP contribution in [0.5, 0.6) is 0 Å². The SMILES string of the molecule is CCOCCCNCC(O)COCC1CC=CCC1C. The first kappa shape index (κ1) is 17.6. The summed E-state index contributed by atoms with van der Waals surface area (Å²) in [6.45, 7) is 8.46. The van der Waals surface area contributed by atoms with Crippen LogP contribution in [0.1, 0.15) is 33.1 Å². The van der Waals surface area contributed by atoms with Gasteiger partial charge in [-0.1, -0.05) is 19.1 Å². The molecular formula is C16H31NO3. The molecule has 0 radical (unpaired) electrons. The van der Waals surface area contributed by atoms with Crippen molar-refractivity contribution in [1.82, 2.24) is 5.32 Å². The van der Waals surface area contributed by atoms with Crippen LogP contribution in [0.25, 0.3) is 0 Å². The van der Waals surface area contributed by atoms with Crippen LogP contribution >= 0.6 is 0 Å². The van der Waals surface area contributed by atoms with E-state index in [1.165, 1.54) is 0 Å². The summed E-state index contributed by atoms with van der Waals surface area (Å²) in [7, 11) is 0. The van der Waals surface area contributed by atoms with Gasteiger partial charge in [0.2, 0.25) is 0 Å². The van der Waals surface area contributed by atoms with Crippen molar-refractivity contribution in [3.8, 4) is 0 Å². The maximum Gasteiger partial charge on any atom is 0.0897 e. The Balaban J connectivity index is 1.94. The fourth-order valence-corrected chi connectivity index (χ4v) is 2.37. The van der Waals surface area contributed by atoms with Crippen LogP contribution in [0.2, 0.25) is 0 Å². The topological polar surface area (TPSA) is 50.7 Å². The molecule has 0 saturated carbocycles. The summed E-state index contributed by atoms with van der Waals surface area (Å²) in [5.74, 6) is 1.29. The van der Waals surface area contributed by atoms with Crippen LogP contribution < -0.4 is 5.32 Å². The molecule has 0 heterocycles. The predicted octanol–water partition coefficient (Wildman–Crippen LogP) is 1.98. The van der Waals surface area contributed by atoms with Gasteiger partial charge in [-0.15, -0.1) is 0 Å². The number of rotatable bonds is 11. The minimum atomic E-state index is -0.420. The van der Waals surface area contributed by atoms with Crippen LogP contribution in [0.4, 0.5) is 0 Å². The van der Waals surface area contributed by atoms with Crippen LogP contribution in [0.3, 0.4) is 0 Å². The zero-order chi connectivity index (χ0) is 14.6. The molecule has 0 spiro atoms. The quantitative estimate of drug-likeness (QED) is 0.450. The molecule has 1 aliphatic carbocycles. The lowest BCUT2D eigenvalue weighted by Gasteiger charge is -2.25. The summed E-state index contributed by atoms with van der Waals surface area (Å²) in [6.07, 6.45) is 7.31. The molecule has 0 saturated heterocycles. The van der Waals surface area contributed by atoms with Crippen LogP contribution in [-0.4, -0.2) is 50.7 Å². The van der Waals surface area contributed by atoms with Crippen molar-refractivity contribution in [1.29, 1.82) is 0 Å². The summed E-state index contributed by atoms with van der Waals surface area (Å²) < 4.78 is 10.9. The second-order valence-electron chi connectivity index (χ2n) is 5.63. The Kier molecular flexibility index (Phi) is 9.93. The summed E-state index contributed by atoms with van der Waals surface area (Å²) in [6, 6.07) is 0. The first-order chi connectivity index (χ1) is 9.74. The fraction of sp³-hybridized carbons (Fsp3) is 0.875. The molecule has 0 aromatic rings. The maximum absolute atomic E-state index is 9.81. The molecule has 20 heavy (non-hydrogen) atoms. The first-order valence-corrected chi connectivity index (χ1v) is 7.93. The Hall–Kier alpha value is -0.420. The molecule has 118 valence electrons. The second-order valence-corrected chi connectivity index (χ2v) is 5.63. The molecule has 4 heteroatoms. The zero-order valence-electron chi connectivity index (χ0n) is 13.0. The number of ether oxygens (including phenoxy) is 2. The fourth-order valence-electron chi connectivity index (χ4n) is 2.37. The Morgan fingerprint density at radius 1 is 1.30 bits per heavy atom. The second kappa shape index (κ2) is 11.3. The molecule has 2 N–H and O–H groups in total. The average Bonchev–Trinajstić information content (AvgIpc) is 2.45. The minimum absolute atomic E-state index is 0.420. The summed E-state index contributed by atoms with van der Waals surface area (Å²) in [5, 5.41) is 13.0. The van der Waals surface area contributed by atoms with Crippen LogP contribution in [0, 0.1) is 11.8 Å². The molecule has 1 rings (SSSR count). The molecule has 0 amide bonds. The van der Waals surface area contributed by atoms with Crippen LogP contribution in [-0.2, 0) is 9.47 Å². The molecular weight excluding hydrogens is 254 g/mol. The van der Waals surface area contributed by atoms with Crippen molar-refractivity contribution < 1.29 is 14.6 Å². The van der Waals surface area contributed by atoms with Gasteiger partial charge in [-0.2, -0.15) is 0 Å². The average molecular weight is 285 g/mol. The van der Waals surface area contributed by atoms with Gasteiger partial charge in [0.15, 0.2) is 0 Å². The normalized spacial score (nSPS) is 23.9. The molecule has 0 aromatic carbocycles. The largest absolute Gasteiger partial charge is 0.389 e. The van der Waals surface area contributed by atoms with Crippen molar-refractivity contribution in [2.45, 2.75) is 39.2 Å². The molecule has 0 fully saturated rings. The van der Waals surface area contributed by atoms with E-state index in [1.807, 2.05) is 6.92 Å². The van der Waals surface area contributed by atoms with E-state index >= 15 is 0 Å². The third kappa shape index (κ3) is 8.00. The third-order valence-corrected chi connectivity index (χ3v) is 3.79. The molecule has 3 atom stereocenters. The standard InChI is InChI=1S/C16H31NO3/c1-3-19-10-6-9-17-11-16(18)13-20-12-15-8-5-4-7-14(15)2/h4-5,14-18H,3,6-13H2,1-2H3. The lowest BCUT2D eigenvalue weighted by atomic mass is 9.85. The van der Waals surface area contributed by atoms with E-state index in [9.17, 15) is 5.11 Å². The van der Waals surface area contributed by atoms with Crippen molar-refractivity contribution in [2.24, 2.45) is 11.8 Å². The Morgan fingerprint density at radius 3 is 2.85 bits per heavy atom. The van der Waals surface area contributed by atoms with Gasteiger partial charge in [0.25, 0.3) is 0 Å². The Labute approximate surface area is 123 Å². The summed E-state index contributed by atoms with van der Waals surface area (Å²) >= 11 is 0. The highest BCUT2D eigenvalue weighted by Gasteiger charge is 2.18. The van der Waals surface area contributed by atoms with E-state index < -0.39 is 6.10 Å². The number of aliphatic hydroxyl groups excluding tert-OH is 1. The van der Waals surface area contributed by atoms with Crippen molar-refractivity contribution in [3.63, 3.8) is 0 Å². The smallest absolute Gasteiger partial charge is 0.0897 e. The van der Waals surface area contributed by atoms with Gasteiger partial charge < -0.3 is 19.9 Å². The van der Waals surface area contributed by atoms with Crippen molar-refractivity contribution in [2.75, 3.05) is 39.5 Å². The number of aliphatic hydroxyl groups is 1. The number of hydrogen-bond acceptors (Lipinski definition) is 4. The van der Waals surface area contributed by atoms with Crippen molar-refractivity contribution >= 4 is 0 Å². The van der Waals surface area contributed by atoms with Gasteiger partial charge in [-0.05, 0) is 44.6 Å². The zero-order valence-corrected chi connectivity index (χ0v) is 13.0. The van der Waals surface area contributed by atoms with E-state index in [1.54, 1.807) is 0 Å². The van der Waals surface area contributed by atoms with Gasteiger partial charge in [0, 0.05) is 19.8 Å². The molecule has 0 aliphatic heterocycles. The Bertz CT molecular complexity index is 258. The van der Waals surface area contributed by atoms with Gasteiger partial charge in [-0.25, -0.2) is 0 Å². The number of allylic oxidation sites excluding steroid dienone is 2. The first-order valence-electron chi connectivity index (χ1n) is 7.93. The maximum atomic E-state index is 9.81. The van der Waals surface area contributed by atoms with E-state index in [0.29, 0.717) is 25.0 Å². The Morgan fingerprint density at radius 2 is 2.10 bits per heavy atom. The monoisotopic (exact) mass is 285 g/mol. The van der Waals surface area contributed by atoms with Crippen molar-refractivity contribution in [3.05, 3.63) is 12.2 Å². The number of nitrogens with one attached hydrogen (secondary N) is 1. The highest BCUT2D eigenvalue weighted by molar-refractivity contribution is 4.93. The van der Waals surface area contributed by atoms with Crippen LogP contribution in [0.15, 0.2) is 12.2 Å². The van der Waals surface area contributed by atoms with Gasteiger partial charge >= 0.3 is 0 Å². The predicted molar refractivity (Wildman–Crippen MR) is 81.8 cm³/mol. The van der Waals surface area contributed by atoms with E-state index in [-0.39, 0.29) is 0 Å². The lowest BCUT2D eigenvalue weighted by Crippen LogP contribution is -2.32. The van der Waals surface area contributed by atoms with Gasteiger partial charge in [-0.3, -0.25) is 0 Å². The lowest BCUT2D eigenvalue weighted by molar-refractivity contribution is 0.0127. The summed E-state index contributed by atoms with van der Waals surface area (Å²) in [5.41, 5.74) is 0. The highest BCUT2D eigenvalue weighted by Crippen LogP contribution is 2.24. The molecule has 3 unspecified atom stereocenters. The third-order valence-electron chi connectivity index (χ3n) is 3.79. The van der Waals surface area contributed by atoms with E-state index in [4.69, 9.17) is 9.47 Å². The molecule has 1 aliphatic rings.